The molecule has 0 aliphatic carbocycles. The normalized spacial score (nSPS) is 17.2. The SMILES string of the molecule is COC1(C(=O)NCC(C)(C)c2ccc(Cl)cc2)CCNCC1.Cl. The summed E-state index contributed by atoms with van der Waals surface area (Å²) in [6, 6.07) is 7.77. The number of methoxy groups -OCH3 is 1. The fourth-order valence-electron chi connectivity index (χ4n) is 2.82. The predicted molar refractivity (Wildman–Crippen MR) is 96.6 cm³/mol. The summed E-state index contributed by atoms with van der Waals surface area (Å²) in [4.78, 5) is 12.6. The lowest BCUT2D eigenvalue weighted by Gasteiger charge is -2.36. The monoisotopic (exact) mass is 360 g/mol. The van der Waals surface area contributed by atoms with E-state index in [1.165, 1.54) is 0 Å². The van der Waals surface area contributed by atoms with Crippen molar-refractivity contribution in [3.8, 4) is 0 Å². The number of halogens is 2. The van der Waals surface area contributed by atoms with Gasteiger partial charge in [0, 0.05) is 24.1 Å². The van der Waals surface area contributed by atoms with Crippen LogP contribution >= 0.6 is 24.0 Å². The zero-order valence-electron chi connectivity index (χ0n) is 13.9. The highest BCUT2D eigenvalue weighted by Crippen LogP contribution is 2.26. The summed E-state index contributed by atoms with van der Waals surface area (Å²) in [5, 5.41) is 7.05. The Hall–Kier alpha value is -0.810. The van der Waals surface area contributed by atoms with Crippen LogP contribution in [0.4, 0.5) is 0 Å². The average Bonchev–Trinajstić information content (AvgIpc) is 2.53. The summed E-state index contributed by atoms with van der Waals surface area (Å²) >= 11 is 5.94. The number of nitrogens with one attached hydrogen (secondary N) is 2. The van der Waals surface area contributed by atoms with E-state index in [2.05, 4.69) is 24.5 Å². The van der Waals surface area contributed by atoms with Crippen molar-refractivity contribution < 1.29 is 9.53 Å². The molecule has 1 amide bonds. The molecule has 4 nitrogen and oxygen atoms in total. The molecule has 1 aromatic rings. The molecule has 130 valence electrons. The first-order chi connectivity index (χ1) is 10.4. The summed E-state index contributed by atoms with van der Waals surface area (Å²) in [6.07, 6.45) is 1.41. The number of benzene rings is 1. The third-order valence-corrected chi connectivity index (χ3v) is 4.78. The molecule has 0 spiro atoms. The molecule has 0 atom stereocenters. The summed E-state index contributed by atoms with van der Waals surface area (Å²) in [6.45, 7) is 6.40. The summed E-state index contributed by atoms with van der Waals surface area (Å²) in [5.74, 6) is -0.0152. The van der Waals surface area contributed by atoms with Gasteiger partial charge in [-0.3, -0.25) is 4.79 Å². The average molecular weight is 361 g/mol. The fourth-order valence-corrected chi connectivity index (χ4v) is 2.95. The van der Waals surface area contributed by atoms with Crippen molar-refractivity contribution >= 4 is 29.9 Å². The van der Waals surface area contributed by atoms with Crippen molar-refractivity contribution in [1.29, 1.82) is 0 Å². The van der Waals surface area contributed by atoms with E-state index >= 15 is 0 Å². The predicted octanol–water partition coefficient (Wildman–Crippen LogP) is 2.92. The molecule has 2 rings (SSSR count). The van der Waals surface area contributed by atoms with Gasteiger partial charge in [0.25, 0.3) is 5.91 Å². The van der Waals surface area contributed by atoms with Crippen molar-refractivity contribution in [2.75, 3.05) is 26.7 Å². The molecule has 6 heteroatoms. The van der Waals surface area contributed by atoms with Gasteiger partial charge in [-0.1, -0.05) is 37.6 Å². The smallest absolute Gasteiger partial charge is 0.252 e. The molecule has 1 aliphatic heterocycles. The van der Waals surface area contributed by atoms with Gasteiger partial charge in [-0.25, -0.2) is 0 Å². The lowest BCUT2D eigenvalue weighted by molar-refractivity contribution is -0.146. The van der Waals surface area contributed by atoms with Crippen LogP contribution in [0, 0.1) is 0 Å². The highest BCUT2D eigenvalue weighted by Gasteiger charge is 2.40. The Labute approximate surface area is 149 Å². The third-order valence-electron chi connectivity index (χ3n) is 4.53. The lowest BCUT2D eigenvalue weighted by atomic mass is 9.84. The van der Waals surface area contributed by atoms with Crippen LogP contribution in [0.3, 0.4) is 0 Å². The zero-order chi connectivity index (χ0) is 16.2. The van der Waals surface area contributed by atoms with E-state index in [-0.39, 0.29) is 23.7 Å². The topological polar surface area (TPSA) is 50.4 Å². The molecule has 1 saturated heterocycles. The standard InChI is InChI=1S/C17H25ClN2O2.ClH/c1-16(2,13-4-6-14(18)7-5-13)12-20-15(21)17(22-3)8-10-19-11-9-17;/h4-7,19H,8-12H2,1-3H3,(H,20,21);1H. The first kappa shape index (κ1) is 20.2. The maximum atomic E-state index is 12.6. The van der Waals surface area contributed by atoms with Crippen LogP contribution in [0.1, 0.15) is 32.3 Å². The van der Waals surface area contributed by atoms with Crippen LogP contribution in [0.15, 0.2) is 24.3 Å². The first-order valence-corrected chi connectivity index (χ1v) is 8.08. The molecule has 0 aromatic heterocycles. The number of carbonyl (C=O) groups excluding carboxylic acids is 1. The maximum Gasteiger partial charge on any atom is 0.252 e. The van der Waals surface area contributed by atoms with Gasteiger partial charge in [0.2, 0.25) is 0 Å². The van der Waals surface area contributed by atoms with Gasteiger partial charge in [-0.2, -0.15) is 0 Å². The van der Waals surface area contributed by atoms with Crippen LogP contribution in [-0.4, -0.2) is 38.3 Å². The summed E-state index contributed by atoms with van der Waals surface area (Å²) in [7, 11) is 1.62. The quantitative estimate of drug-likeness (QED) is 0.848. The Balaban J connectivity index is 0.00000264. The van der Waals surface area contributed by atoms with E-state index in [1.54, 1.807) is 7.11 Å². The fraction of sp³-hybridized carbons (Fsp3) is 0.588. The number of ether oxygens (including phenoxy) is 1. The van der Waals surface area contributed by atoms with E-state index in [1.807, 2.05) is 24.3 Å². The van der Waals surface area contributed by atoms with Crippen molar-refractivity contribution in [2.45, 2.75) is 37.7 Å². The minimum absolute atomic E-state index is 0. The zero-order valence-corrected chi connectivity index (χ0v) is 15.5. The maximum absolute atomic E-state index is 12.6. The third kappa shape index (κ3) is 4.83. The first-order valence-electron chi connectivity index (χ1n) is 7.70. The molecule has 1 aromatic carbocycles. The Bertz CT molecular complexity index is 512. The number of hydrogen-bond donors (Lipinski definition) is 2. The highest BCUT2D eigenvalue weighted by molar-refractivity contribution is 6.30. The van der Waals surface area contributed by atoms with Gasteiger partial charge in [-0.05, 0) is 43.6 Å². The van der Waals surface area contributed by atoms with Crippen molar-refractivity contribution in [3.05, 3.63) is 34.9 Å². The molecule has 0 saturated carbocycles. The minimum Gasteiger partial charge on any atom is -0.368 e. The van der Waals surface area contributed by atoms with E-state index in [0.29, 0.717) is 19.4 Å². The molecule has 0 unspecified atom stereocenters. The van der Waals surface area contributed by atoms with E-state index in [4.69, 9.17) is 16.3 Å². The van der Waals surface area contributed by atoms with Crippen molar-refractivity contribution in [2.24, 2.45) is 0 Å². The largest absolute Gasteiger partial charge is 0.368 e. The number of amides is 1. The van der Waals surface area contributed by atoms with Gasteiger partial charge in [-0.15, -0.1) is 12.4 Å². The second-order valence-corrected chi connectivity index (χ2v) is 6.96. The Morgan fingerprint density at radius 3 is 2.39 bits per heavy atom. The number of rotatable bonds is 5. The molecule has 23 heavy (non-hydrogen) atoms. The molecule has 1 aliphatic rings. The van der Waals surface area contributed by atoms with Crippen LogP contribution in [0.2, 0.25) is 5.02 Å². The van der Waals surface area contributed by atoms with Gasteiger partial charge in [0.05, 0.1) is 0 Å². The van der Waals surface area contributed by atoms with E-state index in [9.17, 15) is 4.79 Å². The molecule has 1 heterocycles. The van der Waals surface area contributed by atoms with Gasteiger partial charge in [0.1, 0.15) is 5.60 Å². The van der Waals surface area contributed by atoms with Gasteiger partial charge >= 0.3 is 0 Å². The minimum atomic E-state index is -0.693. The highest BCUT2D eigenvalue weighted by atomic mass is 35.5. The molecule has 2 N–H and O–H groups in total. The van der Waals surface area contributed by atoms with Crippen molar-refractivity contribution in [3.63, 3.8) is 0 Å². The van der Waals surface area contributed by atoms with E-state index < -0.39 is 5.60 Å². The van der Waals surface area contributed by atoms with Gasteiger partial charge < -0.3 is 15.4 Å². The summed E-state index contributed by atoms with van der Waals surface area (Å²) < 4.78 is 5.56. The molecular weight excluding hydrogens is 335 g/mol. The Morgan fingerprint density at radius 2 is 1.87 bits per heavy atom. The van der Waals surface area contributed by atoms with Crippen LogP contribution in [0.5, 0.6) is 0 Å². The second kappa shape index (κ2) is 8.34. The van der Waals surface area contributed by atoms with Gasteiger partial charge in [0.15, 0.2) is 0 Å². The molecule has 1 fully saturated rings. The second-order valence-electron chi connectivity index (χ2n) is 6.52. The molecule has 0 bridgehead atoms. The summed E-state index contributed by atoms with van der Waals surface area (Å²) in [5.41, 5.74) is 0.289. The molecular formula is C17H26Cl2N2O2. The Kier molecular flexibility index (Phi) is 7.33. The van der Waals surface area contributed by atoms with Crippen LogP contribution in [0.25, 0.3) is 0 Å². The van der Waals surface area contributed by atoms with E-state index in [0.717, 1.165) is 23.7 Å². The lowest BCUT2D eigenvalue weighted by Crippen LogP contribution is -2.55. The molecule has 0 radical (unpaired) electrons. The van der Waals surface area contributed by atoms with Crippen molar-refractivity contribution in [1.82, 2.24) is 10.6 Å². The van der Waals surface area contributed by atoms with Crippen LogP contribution in [-0.2, 0) is 14.9 Å². The number of hydrogen-bond acceptors (Lipinski definition) is 3. The van der Waals surface area contributed by atoms with Crippen LogP contribution < -0.4 is 10.6 Å². The number of carbonyl (C=O) groups is 1. The number of piperidine rings is 1. The Morgan fingerprint density at radius 1 is 1.30 bits per heavy atom.